The van der Waals surface area contributed by atoms with Crippen LogP contribution in [0.4, 0.5) is 20.2 Å². The van der Waals surface area contributed by atoms with Crippen LogP contribution in [-0.4, -0.2) is 38.8 Å². The minimum Gasteiger partial charge on any atom is -0.377 e. The molecule has 0 fully saturated rings. The summed E-state index contributed by atoms with van der Waals surface area (Å²) >= 11 is 0. The number of anilines is 2. The highest BCUT2D eigenvalue weighted by Gasteiger charge is 2.29. The minimum absolute atomic E-state index is 0.00108. The van der Waals surface area contributed by atoms with E-state index in [1.807, 2.05) is 32.8 Å². The first-order valence-electron chi connectivity index (χ1n) is 11.2. The fraction of sp³-hybridized carbons (Fsp3) is 0.269. The Hall–Kier alpha value is -3.30. The standard InChI is InChI=1S/C26H29F2N3O3S/c1-5-18(2)31(35(33,34)24-12-9-21(27)10-13-24)17-20-16-23(11-14-25(20)30(3)4)29-26(32)19-7-6-8-22(28)15-19/h6-16,18H,5,17H2,1-4H3,(H,29,32)/t18-/m0/s1. The van der Waals surface area contributed by atoms with E-state index in [1.54, 1.807) is 18.2 Å². The van der Waals surface area contributed by atoms with Crippen molar-refractivity contribution < 1.29 is 22.0 Å². The molecule has 0 aliphatic carbocycles. The first-order chi connectivity index (χ1) is 16.5. The van der Waals surface area contributed by atoms with E-state index in [0.717, 1.165) is 23.9 Å². The molecule has 1 atom stereocenters. The lowest BCUT2D eigenvalue weighted by atomic mass is 10.1. The summed E-state index contributed by atoms with van der Waals surface area (Å²) in [5, 5.41) is 2.75. The summed E-state index contributed by atoms with van der Waals surface area (Å²) < 4.78 is 55.3. The van der Waals surface area contributed by atoms with Crippen molar-refractivity contribution in [3.63, 3.8) is 0 Å². The van der Waals surface area contributed by atoms with Crippen LogP contribution in [0.25, 0.3) is 0 Å². The number of hydrogen-bond donors (Lipinski definition) is 1. The molecule has 0 unspecified atom stereocenters. The Kier molecular flexibility index (Phi) is 8.24. The molecule has 0 heterocycles. The molecule has 0 radical (unpaired) electrons. The van der Waals surface area contributed by atoms with Crippen LogP contribution >= 0.6 is 0 Å². The van der Waals surface area contributed by atoms with Gasteiger partial charge in [-0.1, -0.05) is 13.0 Å². The van der Waals surface area contributed by atoms with Gasteiger partial charge >= 0.3 is 0 Å². The smallest absolute Gasteiger partial charge is 0.255 e. The van der Waals surface area contributed by atoms with Crippen LogP contribution in [0.15, 0.2) is 71.6 Å². The molecule has 3 rings (SSSR count). The largest absolute Gasteiger partial charge is 0.377 e. The van der Waals surface area contributed by atoms with Gasteiger partial charge < -0.3 is 10.2 Å². The summed E-state index contributed by atoms with van der Waals surface area (Å²) in [6.07, 6.45) is 0.563. The molecular weight excluding hydrogens is 472 g/mol. The van der Waals surface area contributed by atoms with Crippen molar-refractivity contribution in [3.05, 3.63) is 89.5 Å². The highest BCUT2D eigenvalue weighted by molar-refractivity contribution is 7.89. The molecule has 35 heavy (non-hydrogen) atoms. The number of nitrogens with one attached hydrogen (secondary N) is 1. The number of nitrogens with zero attached hydrogens (tertiary/aromatic N) is 2. The summed E-state index contributed by atoms with van der Waals surface area (Å²) in [6, 6.07) is 15.0. The van der Waals surface area contributed by atoms with Gasteiger partial charge in [0, 0.05) is 43.6 Å². The Morgan fingerprint density at radius 3 is 2.26 bits per heavy atom. The summed E-state index contributed by atoms with van der Waals surface area (Å²) in [5.74, 6) is -1.52. The molecule has 9 heteroatoms. The van der Waals surface area contributed by atoms with Gasteiger partial charge in [0.2, 0.25) is 10.0 Å². The fourth-order valence-corrected chi connectivity index (χ4v) is 5.33. The van der Waals surface area contributed by atoms with Crippen LogP contribution in [0, 0.1) is 11.6 Å². The van der Waals surface area contributed by atoms with Crippen LogP contribution in [0.5, 0.6) is 0 Å². The molecule has 0 aliphatic heterocycles. The highest BCUT2D eigenvalue weighted by atomic mass is 32.2. The van der Waals surface area contributed by atoms with Gasteiger partial charge in [0.1, 0.15) is 11.6 Å². The van der Waals surface area contributed by atoms with Crippen LogP contribution in [0.1, 0.15) is 36.2 Å². The average molecular weight is 502 g/mol. The maximum Gasteiger partial charge on any atom is 0.255 e. The van der Waals surface area contributed by atoms with E-state index in [9.17, 15) is 22.0 Å². The number of rotatable bonds is 9. The molecule has 0 saturated carbocycles. The van der Waals surface area contributed by atoms with Crippen molar-refractivity contribution in [2.45, 2.75) is 37.8 Å². The zero-order valence-corrected chi connectivity index (χ0v) is 20.9. The molecular formula is C26H29F2N3O3S. The van der Waals surface area contributed by atoms with E-state index >= 15 is 0 Å². The predicted octanol–water partition coefficient (Wildman–Crippen LogP) is 5.27. The molecule has 0 saturated heterocycles. The van der Waals surface area contributed by atoms with Gasteiger partial charge in [-0.15, -0.1) is 0 Å². The zero-order valence-electron chi connectivity index (χ0n) is 20.1. The molecule has 0 aromatic heterocycles. The number of amides is 1. The first kappa shape index (κ1) is 26.3. The number of carbonyl (C=O) groups is 1. The van der Waals surface area contributed by atoms with Crippen LogP contribution < -0.4 is 10.2 Å². The van der Waals surface area contributed by atoms with Gasteiger partial charge in [-0.05, 0) is 79.6 Å². The van der Waals surface area contributed by atoms with Crippen molar-refractivity contribution in [1.82, 2.24) is 4.31 Å². The second-order valence-electron chi connectivity index (χ2n) is 8.46. The van der Waals surface area contributed by atoms with Crippen molar-refractivity contribution >= 4 is 27.3 Å². The van der Waals surface area contributed by atoms with E-state index in [2.05, 4.69) is 5.32 Å². The highest BCUT2D eigenvalue weighted by Crippen LogP contribution is 2.29. The molecule has 0 aliphatic rings. The third-order valence-corrected chi connectivity index (χ3v) is 7.71. The molecule has 6 nitrogen and oxygen atoms in total. The Labute approximate surface area is 205 Å². The fourth-order valence-electron chi connectivity index (χ4n) is 3.65. The molecule has 186 valence electrons. The second kappa shape index (κ2) is 11.0. The van der Waals surface area contributed by atoms with Gasteiger partial charge in [0.05, 0.1) is 4.90 Å². The van der Waals surface area contributed by atoms with E-state index < -0.39 is 27.6 Å². The average Bonchev–Trinajstić information content (AvgIpc) is 2.82. The topological polar surface area (TPSA) is 69.7 Å². The van der Waals surface area contributed by atoms with E-state index in [4.69, 9.17) is 0 Å². The maximum atomic E-state index is 13.5. The first-order valence-corrected chi connectivity index (χ1v) is 12.6. The molecule has 3 aromatic carbocycles. The predicted molar refractivity (Wildman–Crippen MR) is 134 cm³/mol. The quantitative estimate of drug-likeness (QED) is 0.434. The van der Waals surface area contributed by atoms with Gasteiger partial charge in [-0.3, -0.25) is 4.79 Å². The van der Waals surface area contributed by atoms with Crippen molar-refractivity contribution in [2.24, 2.45) is 0 Å². The maximum absolute atomic E-state index is 13.5. The Bertz CT molecular complexity index is 1300. The lowest BCUT2D eigenvalue weighted by Crippen LogP contribution is -2.38. The monoisotopic (exact) mass is 501 g/mol. The minimum atomic E-state index is -3.93. The summed E-state index contributed by atoms with van der Waals surface area (Å²) in [5.41, 5.74) is 2.06. The zero-order chi connectivity index (χ0) is 25.8. The third-order valence-electron chi connectivity index (χ3n) is 5.73. The third kappa shape index (κ3) is 6.23. The molecule has 3 aromatic rings. The van der Waals surface area contributed by atoms with Crippen molar-refractivity contribution in [2.75, 3.05) is 24.3 Å². The van der Waals surface area contributed by atoms with Crippen LogP contribution in [-0.2, 0) is 16.6 Å². The van der Waals surface area contributed by atoms with Gasteiger partial charge in [0.25, 0.3) is 5.91 Å². The Morgan fingerprint density at radius 2 is 1.66 bits per heavy atom. The van der Waals surface area contributed by atoms with Crippen LogP contribution in [0.3, 0.4) is 0 Å². The summed E-state index contributed by atoms with van der Waals surface area (Å²) in [7, 11) is -0.256. The summed E-state index contributed by atoms with van der Waals surface area (Å²) in [6.45, 7) is 3.73. The number of hydrogen-bond acceptors (Lipinski definition) is 4. The van der Waals surface area contributed by atoms with E-state index in [-0.39, 0.29) is 23.0 Å². The SMILES string of the molecule is CC[C@H](C)N(Cc1cc(NC(=O)c2cccc(F)c2)ccc1N(C)C)S(=O)(=O)c1ccc(F)cc1. The number of carbonyl (C=O) groups excluding carboxylic acids is 1. The lowest BCUT2D eigenvalue weighted by molar-refractivity contribution is 0.102. The lowest BCUT2D eigenvalue weighted by Gasteiger charge is -2.30. The van der Waals surface area contributed by atoms with Crippen LogP contribution in [0.2, 0.25) is 0 Å². The van der Waals surface area contributed by atoms with Crippen molar-refractivity contribution in [1.29, 1.82) is 0 Å². The molecule has 0 spiro atoms. The Morgan fingerprint density at radius 1 is 0.971 bits per heavy atom. The van der Waals surface area contributed by atoms with E-state index in [0.29, 0.717) is 17.7 Å². The normalized spacial score (nSPS) is 12.4. The van der Waals surface area contributed by atoms with Gasteiger partial charge in [-0.2, -0.15) is 4.31 Å². The van der Waals surface area contributed by atoms with Gasteiger partial charge in [-0.25, -0.2) is 17.2 Å². The second-order valence-corrected chi connectivity index (χ2v) is 10.4. The van der Waals surface area contributed by atoms with Gasteiger partial charge in [0.15, 0.2) is 0 Å². The Balaban J connectivity index is 1.98. The number of benzene rings is 3. The van der Waals surface area contributed by atoms with E-state index in [1.165, 1.54) is 34.6 Å². The molecule has 1 N–H and O–H groups in total. The molecule has 1 amide bonds. The van der Waals surface area contributed by atoms with Crippen molar-refractivity contribution in [3.8, 4) is 0 Å². The molecule has 0 bridgehead atoms. The summed E-state index contributed by atoms with van der Waals surface area (Å²) in [4.78, 5) is 14.5. The number of sulfonamides is 1. The number of halogens is 2.